The van der Waals surface area contributed by atoms with Crippen molar-refractivity contribution in [3.05, 3.63) is 81.8 Å². The minimum Gasteiger partial charge on any atom is -0.487 e. The molecule has 0 atom stereocenters. The number of hydrogen-bond acceptors (Lipinski definition) is 4. The van der Waals surface area contributed by atoms with Crippen molar-refractivity contribution in [3.63, 3.8) is 0 Å². The highest BCUT2D eigenvalue weighted by Crippen LogP contribution is 2.17. The average Bonchev–Trinajstić information content (AvgIpc) is 3.02. The molecule has 0 unspecified atom stereocenters. The van der Waals surface area contributed by atoms with Gasteiger partial charge < -0.3 is 4.74 Å². The zero-order valence-electron chi connectivity index (χ0n) is 11.9. The quantitative estimate of drug-likeness (QED) is 0.710. The Kier molecular flexibility index (Phi) is 4.47. The van der Waals surface area contributed by atoms with E-state index in [0.29, 0.717) is 12.2 Å². The van der Waals surface area contributed by atoms with Crippen LogP contribution in [0.5, 0.6) is 5.75 Å². The Labute approximate surface area is 133 Å². The molecule has 3 rings (SSSR count). The van der Waals surface area contributed by atoms with E-state index in [4.69, 9.17) is 10.00 Å². The van der Waals surface area contributed by atoms with Gasteiger partial charge in [0.25, 0.3) is 0 Å². The summed E-state index contributed by atoms with van der Waals surface area (Å²) in [4.78, 5) is 4.60. The summed E-state index contributed by atoms with van der Waals surface area (Å²) in [5, 5.41) is 11.9. The van der Waals surface area contributed by atoms with Crippen LogP contribution in [-0.4, -0.2) is 4.98 Å². The van der Waals surface area contributed by atoms with Crippen molar-refractivity contribution in [2.75, 3.05) is 0 Å². The molecule has 0 bridgehead atoms. The molecule has 0 aliphatic carbocycles. The lowest BCUT2D eigenvalue weighted by atomic mass is 10.2. The Morgan fingerprint density at radius 3 is 2.55 bits per heavy atom. The highest BCUT2D eigenvalue weighted by atomic mass is 32.1. The van der Waals surface area contributed by atoms with Gasteiger partial charge in [-0.1, -0.05) is 30.3 Å². The second-order valence-corrected chi connectivity index (χ2v) is 5.76. The number of ether oxygens (including phenoxy) is 1. The van der Waals surface area contributed by atoms with E-state index in [2.05, 4.69) is 23.2 Å². The van der Waals surface area contributed by atoms with Gasteiger partial charge in [-0.3, -0.25) is 0 Å². The largest absolute Gasteiger partial charge is 0.487 e. The number of rotatable bonds is 5. The van der Waals surface area contributed by atoms with Crippen LogP contribution < -0.4 is 4.74 Å². The first-order valence-corrected chi connectivity index (χ1v) is 7.81. The van der Waals surface area contributed by atoms with E-state index in [1.54, 1.807) is 35.6 Å². The zero-order valence-corrected chi connectivity index (χ0v) is 12.7. The number of aromatic nitrogens is 1. The van der Waals surface area contributed by atoms with Crippen LogP contribution in [0.4, 0.5) is 0 Å². The molecule has 22 heavy (non-hydrogen) atoms. The van der Waals surface area contributed by atoms with Crippen molar-refractivity contribution in [3.8, 4) is 11.8 Å². The number of nitrogens with zero attached hydrogens (tertiary/aromatic N) is 2. The van der Waals surface area contributed by atoms with Gasteiger partial charge in [0.2, 0.25) is 0 Å². The van der Waals surface area contributed by atoms with Crippen molar-refractivity contribution < 1.29 is 4.74 Å². The fourth-order valence-corrected chi connectivity index (χ4v) is 2.86. The van der Waals surface area contributed by atoms with Crippen molar-refractivity contribution in [1.29, 1.82) is 5.26 Å². The summed E-state index contributed by atoms with van der Waals surface area (Å²) in [6.07, 6.45) is 0.850. The molecule has 0 fully saturated rings. The van der Waals surface area contributed by atoms with Gasteiger partial charge in [0.05, 0.1) is 22.3 Å². The molecule has 0 aliphatic heterocycles. The standard InChI is InChI=1S/C18H14N2OS/c19-11-15-6-8-17(9-7-15)21-12-16-13-22-18(20-16)10-14-4-2-1-3-5-14/h1-9,13H,10,12H2. The van der Waals surface area contributed by atoms with Gasteiger partial charge in [-0.05, 0) is 29.8 Å². The molecule has 0 N–H and O–H groups in total. The lowest BCUT2D eigenvalue weighted by Gasteiger charge is -2.03. The zero-order chi connectivity index (χ0) is 15.2. The number of nitriles is 1. The second-order valence-electron chi connectivity index (χ2n) is 4.82. The summed E-state index contributed by atoms with van der Waals surface area (Å²) in [5.74, 6) is 0.747. The Balaban J connectivity index is 1.58. The topological polar surface area (TPSA) is 45.9 Å². The van der Waals surface area contributed by atoms with Crippen LogP contribution in [0.25, 0.3) is 0 Å². The lowest BCUT2D eigenvalue weighted by molar-refractivity contribution is 0.302. The summed E-state index contributed by atoms with van der Waals surface area (Å²) in [5.41, 5.74) is 2.82. The fourth-order valence-electron chi connectivity index (χ4n) is 2.05. The Morgan fingerprint density at radius 2 is 1.82 bits per heavy atom. The highest BCUT2D eigenvalue weighted by molar-refractivity contribution is 7.09. The van der Waals surface area contributed by atoms with E-state index in [9.17, 15) is 0 Å². The SMILES string of the molecule is N#Cc1ccc(OCc2csc(Cc3ccccc3)n2)cc1. The van der Waals surface area contributed by atoms with Crippen LogP contribution >= 0.6 is 11.3 Å². The Morgan fingerprint density at radius 1 is 1.05 bits per heavy atom. The maximum absolute atomic E-state index is 8.76. The first kappa shape index (κ1) is 14.3. The minimum absolute atomic E-state index is 0.442. The first-order chi connectivity index (χ1) is 10.8. The van der Waals surface area contributed by atoms with E-state index < -0.39 is 0 Å². The predicted molar refractivity (Wildman–Crippen MR) is 86.9 cm³/mol. The number of thiazole rings is 1. The van der Waals surface area contributed by atoms with Gasteiger partial charge in [-0.25, -0.2) is 4.98 Å². The summed E-state index contributed by atoms with van der Waals surface area (Å²) in [6, 6.07) is 19.5. The van der Waals surface area contributed by atoms with Crippen molar-refractivity contribution in [2.24, 2.45) is 0 Å². The van der Waals surface area contributed by atoms with E-state index in [0.717, 1.165) is 22.9 Å². The van der Waals surface area contributed by atoms with Crippen molar-refractivity contribution in [2.45, 2.75) is 13.0 Å². The Hall–Kier alpha value is -2.64. The fraction of sp³-hybridized carbons (Fsp3) is 0.111. The lowest BCUT2D eigenvalue weighted by Crippen LogP contribution is -1.96. The van der Waals surface area contributed by atoms with Crippen LogP contribution in [0, 0.1) is 11.3 Å². The van der Waals surface area contributed by atoms with Gasteiger partial charge in [0, 0.05) is 11.8 Å². The third-order valence-electron chi connectivity index (χ3n) is 3.17. The van der Waals surface area contributed by atoms with E-state index in [1.807, 2.05) is 23.6 Å². The molecule has 1 heterocycles. The van der Waals surface area contributed by atoms with E-state index >= 15 is 0 Å². The molecule has 0 spiro atoms. The van der Waals surface area contributed by atoms with Gasteiger partial charge >= 0.3 is 0 Å². The van der Waals surface area contributed by atoms with Gasteiger partial charge in [0.15, 0.2) is 0 Å². The molecule has 0 radical (unpaired) electrons. The van der Waals surface area contributed by atoms with Crippen LogP contribution in [0.2, 0.25) is 0 Å². The first-order valence-electron chi connectivity index (χ1n) is 6.93. The number of hydrogen-bond donors (Lipinski definition) is 0. The second kappa shape index (κ2) is 6.88. The normalized spacial score (nSPS) is 10.1. The molecule has 2 aromatic carbocycles. The van der Waals surface area contributed by atoms with E-state index in [-0.39, 0.29) is 0 Å². The molecule has 0 aliphatic rings. The molecule has 3 aromatic rings. The van der Waals surface area contributed by atoms with Gasteiger partial charge in [-0.15, -0.1) is 11.3 Å². The molecule has 108 valence electrons. The highest BCUT2D eigenvalue weighted by Gasteiger charge is 2.04. The third-order valence-corrected chi connectivity index (χ3v) is 4.07. The molecular formula is C18H14N2OS. The molecule has 0 saturated carbocycles. The van der Waals surface area contributed by atoms with Gasteiger partial charge in [-0.2, -0.15) is 5.26 Å². The maximum atomic E-state index is 8.76. The van der Waals surface area contributed by atoms with Crippen LogP contribution in [-0.2, 0) is 13.0 Å². The molecule has 4 heteroatoms. The van der Waals surface area contributed by atoms with E-state index in [1.165, 1.54) is 5.56 Å². The Bertz CT molecular complexity index is 773. The minimum atomic E-state index is 0.442. The summed E-state index contributed by atoms with van der Waals surface area (Å²) < 4.78 is 5.69. The summed E-state index contributed by atoms with van der Waals surface area (Å²) >= 11 is 1.65. The average molecular weight is 306 g/mol. The predicted octanol–water partition coefficient (Wildman–Crippen LogP) is 4.18. The molecule has 0 saturated heterocycles. The maximum Gasteiger partial charge on any atom is 0.131 e. The molecular weight excluding hydrogens is 292 g/mol. The van der Waals surface area contributed by atoms with Crippen LogP contribution in [0.3, 0.4) is 0 Å². The summed E-state index contributed by atoms with van der Waals surface area (Å²) in [7, 11) is 0. The van der Waals surface area contributed by atoms with Crippen molar-refractivity contribution >= 4 is 11.3 Å². The summed E-state index contributed by atoms with van der Waals surface area (Å²) in [6.45, 7) is 0.442. The van der Waals surface area contributed by atoms with Crippen LogP contribution in [0.15, 0.2) is 60.0 Å². The van der Waals surface area contributed by atoms with Crippen molar-refractivity contribution in [1.82, 2.24) is 4.98 Å². The van der Waals surface area contributed by atoms with Gasteiger partial charge in [0.1, 0.15) is 12.4 Å². The molecule has 0 amide bonds. The monoisotopic (exact) mass is 306 g/mol. The molecule has 1 aromatic heterocycles. The molecule has 3 nitrogen and oxygen atoms in total. The third kappa shape index (κ3) is 3.72. The smallest absolute Gasteiger partial charge is 0.131 e. The van der Waals surface area contributed by atoms with Crippen LogP contribution in [0.1, 0.15) is 21.8 Å². The number of benzene rings is 2.